The number of rotatable bonds is 6. The SMILES string of the molecule is Cc1ccc(NC(=O)c2oc3ccccc3c2NC(=O)COc2ccccc2)cc1C. The number of nitrogens with one attached hydrogen (secondary N) is 2. The molecule has 0 saturated heterocycles. The van der Waals surface area contributed by atoms with Gasteiger partial charge in [0, 0.05) is 11.1 Å². The molecule has 6 heteroatoms. The van der Waals surface area contributed by atoms with Gasteiger partial charge in [-0.15, -0.1) is 0 Å². The van der Waals surface area contributed by atoms with Gasteiger partial charge in [-0.3, -0.25) is 9.59 Å². The highest BCUT2D eigenvalue weighted by Crippen LogP contribution is 2.31. The van der Waals surface area contributed by atoms with Gasteiger partial charge in [0.25, 0.3) is 11.8 Å². The van der Waals surface area contributed by atoms with Crippen LogP contribution in [0.25, 0.3) is 11.0 Å². The van der Waals surface area contributed by atoms with Crippen LogP contribution in [-0.4, -0.2) is 18.4 Å². The molecule has 4 rings (SSSR count). The highest BCUT2D eigenvalue weighted by Gasteiger charge is 2.22. The van der Waals surface area contributed by atoms with Crippen molar-refractivity contribution in [3.8, 4) is 5.75 Å². The summed E-state index contributed by atoms with van der Waals surface area (Å²) in [6.07, 6.45) is 0. The van der Waals surface area contributed by atoms with Crippen molar-refractivity contribution in [3.05, 3.63) is 89.7 Å². The Morgan fingerprint density at radius 2 is 1.61 bits per heavy atom. The molecule has 0 atom stereocenters. The van der Waals surface area contributed by atoms with E-state index in [9.17, 15) is 9.59 Å². The summed E-state index contributed by atoms with van der Waals surface area (Å²) in [4.78, 5) is 25.5. The summed E-state index contributed by atoms with van der Waals surface area (Å²) in [6, 6.07) is 21.9. The number of carbonyl (C=O) groups excluding carboxylic acids is 2. The molecule has 0 fully saturated rings. The van der Waals surface area contributed by atoms with Crippen LogP contribution < -0.4 is 15.4 Å². The summed E-state index contributed by atoms with van der Waals surface area (Å²) in [5.74, 6) is -0.218. The van der Waals surface area contributed by atoms with Crippen molar-refractivity contribution in [2.45, 2.75) is 13.8 Å². The molecule has 0 spiro atoms. The Labute approximate surface area is 179 Å². The van der Waals surface area contributed by atoms with E-state index in [0.717, 1.165) is 11.1 Å². The van der Waals surface area contributed by atoms with Crippen LogP contribution in [0.15, 0.2) is 77.2 Å². The first-order valence-corrected chi connectivity index (χ1v) is 9.89. The molecule has 1 aromatic heterocycles. The summed E-state index contributed by atoms with van der Waals surface area (Å²) < 4.78 is 11.3. The van der Waals surface area contributed by atoms with E-state index in [-0.39, 0.29) is 12.4 Å². The molecule has 3 aromatic carbocycles. The molecule has 1 heterocycles. The third-order valence-corrected chi connectivity index (χ3v) is 4.94. The second-order valence-electron chi connectivity index (χ2n) is 7.21. The molecule has 0 bridgehead atoms. The topological polar surface area (TPSA) is 80.6 Å². The first-order valence-electron chi connectivity index (χ1n) is 9.89. The van der Waals surface area contributed by atoms with Crippen molar-refractivity contribution in [2.75, 3.05) is 17.2 Å². The molecule has 31 heavy (non-hydrogen) atoms. The van der Waals surface area contributed by atoms with Crippen molar-refractivity contribution >= 4 is 34.2 Å². The van der Waals surface area contributed by atoms with E-state index in [4.69, 9.17) is 9.15 Å². The largest absolute Gasteiger partial charge is 0.484 e. The number of anilines is 2. The molecule has 0 unspecified atom stereocenters. The van der Waals surface area contributed by atoms with Crippen molar-refractivity contribution in [2.24, 2.45) is 0 Å². The highest BCUT2D eigenvalue weighted by atomic mass is 16.5. The minimum Gasteiger partial charge on any atom is -0.484 e. The minimum atomic E-state index is -0.446. The number of benzene rings is 3. The first kappa shape index (κ1) is 20.2. The maximum Gasteiger partial charge on any atom is 0.293 e. The fourth-order valence-corrected chi connectivity index (χ4v) is 3.18. The van der Waals surface area contributed by atoms with Crippen LogP contribution in [0.5, 0.6) is 5.75 Å². The number of fused-ring (bicyclic) bond motifs is 1. The lowest BCUT2D eigenvalue weighted by Gasteiger charge is -2.09. The lowest BCUT2D eigenvalue weighted by molar-refractivity contribution is -0.118. The maximum atomic E-state index is 13.0. The van der Waals surface area contributed by atoms with Gasteiger partial charge in [-0.1, -0.05) is 36.4 Å². The summed E-state index contributed by atoms with van der Waals surface area (Å²) in [5.41, 5.74) is 3.67. The standard InChI is InChI=1S/C25H22N2O4/c1-16-12-13-18(14-17(16)2)26-25(29)24-23(20-10-6-7-11-21(20)31-24)27-22(28)15-30-19-8-4-3-5-9-19/h3-14H,15H2,1-2H3,(H,26,29)(H,27,28). The molecule has 0 aliphatic rings. The predicted molar refractivity (Wildman–Crippen MR) is 121 cm³/mol. The second kappa shape index (κ2) is 8.75. The zero-order valence-electron chi connectivity index (χ0n) is 17.3. The Hall–Kier alpha value is -4.06. The summed E-state index contributed by atoms with van der Waals surface area (Å²) in [5, 5.41) is 6.26. The number of ether oxygens (including phenoxy) is 1. The van der Waals surface area contributed by atoms with E-state index in [1.807, 2.05) is 56.3 Å². The number of carbonyl (C=O) groups is 2. The summed E-state index contributed by atoms with van der Waals surface area (Å²) in [7, 11) is 0. The Bertz CT molecular complexity index is 1250. The molecule has 156 valence electrons. The van der Waals surface area contributed by atoms with Crippen LogP contribution in [0.3, 0.4) is 0 Å². The zero-order valence-corrected chi connectivity index (χ0v) is 17.3. The monoisotopic (exact) mass is 414 g/mol. The van der Waals surface area contributed by atoms with Crippen LogP contribution in [0.4, 0.5) is 11.4 Å². The third-order valence-electron chi connectivity index (χ3n) is 4.94. The quantitative estimate of drug-likeness (QED) is 0.447. The average molecular weight is 414 g/mol. The molecule has 4 aromatic rings. The average Bonchev–Trinajstić information content (AvgIpc) is 3.14. The summed E-state index contributed by atoms with van der Waals surface area (Å²) >= 11 is 0. The van der Waals surface area contributed by atoms with Crippen LogP contribution in [0, 0.1) is 13.8 Å². The normalized spacial score (nSPS) is 10.6. The van der Waals surface area contributed by atoms with E-state index >= 15 is 0 Å². The Morgan fingerprint density at radius 3 is 2.39 bits per heavy atom. The lowest BCUT2D eigenvalue weighted by Crippen LogP contribution is -2.22. The molecule has 2 amide bonds. The van der Waals surface area contributed by atoms with Crippen molar-refractivity contribution in [3.63, 3.8) is 0 Å². The number of furan rings is 1. The van der Waals surface area contributed by atoms with Crippen LogP contribution in [0.1, 0.15) is 21.7 Å². The van der Waals surface area contributed by atoms with Crippen LogP contribution in [0.2, 0.25) is 0 Å². The van der Waals surface area contributed by atoms with Gasteiger partial charge in [-0.05, 0) is 61.4 Å². The molecular formula is C25H22N2O4. The fourth-order valence-electron chi connectivity index (χ4n) is 3.18. The molecule has 0 aliphatic heterocycles. The molecule has 2 N–H and O–H groups in total. The molecule has 0 aliphatic carbocycles. The first-order chi connectivity index (χ1) is 15.0. The number of para-hydroxylation sites is 2. The Kier molecular flexibility index (Phi) is 5.71. The van der Waals surface area contributed by atoms with Crippen molar-refractivity contribution < 1.29 is 18.7 Å². The highest BCUT2D eigenvalue weighted by molar-refractivity contribution is 6.14. The molecular weight excluding hydrogens is 392 g/mol. The van der Waals surface area contributed by atoms with Crippen molar-refractivity contribution in [1.82, 2.24) is 0 Å². The number of hydrogen-bond acceptors (Lipinski definition) is 4. The number of hydrogen-bond donors (Lipinski definition) is 2. The van der Waals surface area contributed by atoms with Gasteiger partial charge < -0.3 is 19.8 Å². The third kappa shape index (κ3) is 4.59. The number of amides is 2. The van der Waals surface area contributed by atoms with E-state index < -0.39 is 11.8 Å². The molecule has 0 radical (unpaired) electrons. The van der Waals surface area contributed by atoms with Gasteiger partial charge >= 0.3 is 0 Å². The van der Waals surface area contributed by atoms with E-state index in [0.29, 0.717) is 28.1 Å². The number of aryl methyl sites for hydroxylation is 2. The van der Waals surface area contributed by atoms with Crippen molar-refractivity contribution in [1.29, 1.82) is 0 Å². The maximum absolute atomic E-state index is 13.0. The Morgan fingerprint density at radius 1 is 0.871 bits per heavy atom. The smallest absolute Gasteiger partial charge is 0.293 e. The van der Waals surface area contributed by atoms with Gasteiger partial charge in [-0.25, -0.2) is 0 Å². The van der Waals surface area contributed by atoms with E-state index in [2.05, 4.69) is 10.6 Å². The summed E-state index contributed by atoms with van der Waals surface area (Å²) in [6.45, 7) is 3.79. The van der Waals surface area contributed by atoms with Gasteiger partial charge in [0.15, 0.2) is 6.61 Å². The predicted octanol–water partition coefficient (Wildman–Crippen LogP) is 5.32. The van der Waals surface area contributed by atoms with Gasteiger partial charge in [-0.2, -0.15) is 0 Å². The van der Waals surface area contributed by atoms with Gasteiger partial charge in [0.2, 0.25) is 5.76 Å². The van der Waals surface area contributed by atoms with Crippen LogP contribution in [-0.2, 0) is 4.79 Å². The van der Waals surface area contributed by atoms with E-state index in [1.165, 1.54) is 0 Å². The van der Waals surface area contributed by atoms with Gasteiger partial charge in [0.05, 0.1) is 0 Å². The second-order valence-corrected chi connectivity index (χ2v) is 7.21. The minimum absolute atomic E-state index is 0.0347. The Balaban J connectivity index is 1.57. The molecule has 0 saturated carbocycles. The van der Waals surface area contributed by atoms with Gasteiger partial charge in [0.1, 0.15) is 17.0 Å². The lowest BCUT2D eigenvalue weighted by atomic mass is 10.1. The molecule has 6 nitrogen and oxygen atoms in total. The van der Waals surface area contributed by atoms with E-state index in [1.54, 1.807) is 30.3 Å². The fraction of sp³-hybridized carbons (Fsp3) is 0.120. The van der Waals surface area contributed by atoms with Crippen LogP contribution >= 0.6 is 0 Å². The zero-order chi connectivity index (χ0) is 21.8.